The van der Waals surface area contributed by atoms with Crippen LogP contribution in [0.15, 0.2) is 48.9 Å². The second-order valence-electron chi connectivity index (χ2n) is 8.31. The van der Waals surface area contributed by atoms with Crippen molar-refractivity contribution in [2.75, 3.05) is 13.2 Å². The Morgan fingerprint density at radius 2 is 1.84 bits per heavy atom. The third kappa shape index (κ3) is 8.04. The van der Waals surface area contributed by atoms with E-state index >= 15 is 0 Å². The van der Waals surface area contributed by atoms with Gasteiger partial charge in [-0.25, -0.2) is 14.6 Å². The molecule has 2 heterocycles. The molecule has 0 unspecified atom stereocenters. The fraction of sp³-hybridized carbons (Fsp3) is 0.320. The Balaban J connectivity index is 0.00000400. The Labute approximate surface area is 226 Å². The number of H-pyrrole nitrogens is 2. The molecule has 0 saturated heterocycles. The van der Waals surface area contributed by atoms with Gasteiger partial charge in [-0.1, -0.05) is 29.3 Å². The van der Waals surface area contributed by atoms with Crippen LogP contribution in [0, 0.1) is 5.92 Å². The number of carbonyl (C=O) groups excluding carboxylic acids is 2. The summed E-state index contributed by atoms with van der Waals surface area (Å²) in [7, 11) is 0. The molecular formula is C25H24Cl2F2N2O7. The van der Waals surface area contributed by atoms with Crippen molar-refractivity contribution in [3.05, 3.63) is 75.8 Å². The predicted octanol–water partition coefficient (Wildman–Crippen LogP) is 5.03. The average Bonchev–Trinajstić information content (AvgIpc) is 3.53. The number of alkyl halides is 2. The number of esters is 2. The molecule has 2 aromatic heterocycles. The number of pyridine rings is 1. The molecule has 1 saturated carbocycles. The maximum atomic E-state index is 12.9. The molecule has 9 nitrogen and oxygen atoms in total. The Morgan fingerprint density at radius 3 is 2.47 bits per heavy atom. The lowest BCUT2D eigenvalue weighted by Crippen LogP contribution is -2.21. The molecule has 0 radical (unpaired) electrons. The van der Waals surface area contributed by atoms with Gasteiger partial charge in [-0.05, 0) is 48.6 Å². The minimum Gasteiger partial charge on any atom is -0.870 e. The zero-order chi connectivity index (χ0) is 26.4. The van der Waals surface area contributed by atoms with Crippen molar-refractivity contribution >= 4 is 35.1 Å². The maximum absolute atomic E-state index is 12.9. The number of rotatable bonds is 12. The van der Waals surface area contributed by atoms with E-state index in [0.29, 0.717) is 33.7 Å². The quantitative estimate of drug-likeness (QED) is 0.301. The summed E-state index contributed by atoms with van der Waals surface area (Å²) in [6.07, 6.45) is 5.63. The zero-order valence-corrected chi connectivity index (χ0v) is 21.3. The summed E-state index contributed by atoms with van der Waals surface area (Å²) in [5.41, 5.74) is 1.07. The molecule has 3 aromatic rings. The molecule has 1 aliphatic carbocycles. The fourth-order valence-electron chi connectivity index (χ4n) is 3.46. The molecule has 13 heteroatoms. The summed E-state index contributed by atoms with van der Waals surface area (Å²) in [6.45, 7) is -3.36. The van der Waals surface area contributed by atoms with Gasteiger partial charge in [0.25, 0.3) is 0 Å². The normalized spacial score (nSPS) is 13.4. The Bertz CT molecular complexity index is 1220. The van der Waals surface area contributed by atoms with Crippen molar-refractivity contribution in [2.45, 2.75) is 32.0 Å². The van der Waals surface area contributed by atoms with Crippen LogP contribution in [0.3, 0.4) is 0 Å². The highest BCUT2D eigenvalue weighted by Crippen LogP contribution is 2.37. The lowest BCUT2D eigenvalue weighted by Gasteiger charge is -2.21. The molecule has 1 atom stereocenters. The Morgan fingerprint density at radius 1 is 1.11 bits per heavy atom. The first-order chi connectivity index (χ1) is 17.8. The van der Waals surface area contributed by atoms with E-state index in [1.165, 1.54) is 36.7 Å². The average molecular weight is 573 g/mol. The van der Waals surface area contributed by atoms with Crippen LogP contribution in [-0.4, -0.2) is 42.2 Å². The van der Waals surface area contributed by atoms with E-state index in [4.69, 9.17) is 37.4 Å². The van der Waals surface area contributed by atoms with Crippen LogP contribution in [0.2, 0.25) is 10.0 Å². The Hall–Kier alpha value is -3.41. The van der Waals surface area contributed by atoms with Crippen LogP contribution in [0.25, 0.3) is 0 Å². The van der Waals surface area contributed by atoms with Gasteiger partial charge in [-0.2, -0.15) is 8.78 Å². The standard InChI is InChI=1S/C25H22Cl2F2N2O6.H2O/c26-17-10-30-11-18(27)16(17)9-21(36-23(32)13-35-24(33)19-2-1-7-31-19)15-5-6-20(37-25(28)29)22(8-15)34-12-14-3-4-14;/h1-2,5-8,10-11,14,21,25,31H,3-4,9,12-13H2;1H2/t21-;/m0./s1. The molecule has 0 amide bonds. The van der Waals surface area contributed by atoms with Crippen molar-refractivity contribution in [3.63, 3.8) is 0 Å². The summed E-state index contributed by atoms with van der Waals surface area (Å²) in [4.78, 5) is 30.2. The first-order valence-electron chi connectivity index (χ1n) is 11.4. The molecule has 38 heavy (non-hydrogen) atoms. The molecule has 1 aliphatic rings. The number of nitrogens with one attached hydrogen (secondary N) is 2. The number of aromatic amines is 2. The monoisotopic (exact) mass is 572 g/mol. The van der Waals surface area contributed by atoms with Gasteiger partial charge in [0.05, 0.1) is 6.61 Å². The first kappa shape index (κ1) is 29.2. The van der Waals surface area contributed by atoms with E-state index in [0.717, 1.165) is 12.8 Å². The maximum Gasteiger partial charge on any atom is 0.387 e. The molecule has 0 spiro atoms. The number of hydrogen-bond acceptors (Lipinski definition) is 7. The molecule has 0 bridgehead atoms. The highest BCUT2D eigenvalue weighted by molar-refractivity contribution is 6.35. The minimum atomic E-state index is -3.05. The van der Waals surface area contributed by atoms with Crippen molar-refractivity contribution in [1.29, 1.82) is 0 Å². The van der Waals surface area contributed by atoms with Gasteiger partial charge in [0.15, 0.2) is 30.5 Å². The molecular weight excluding hydrogens is 549 g/mol. The molecule has 3 N–H and O–H groups in total. The molecule has 4 rings (SSSR count). The lowest BCUT2D eigenvalue weighted by molar-refractivity contribution is -0.377. The molecule has 204 valence electrons. The largest absolute Gasteiger partial charge is 0.870 e. The van der Waals surface area contributed by atoms with Gasteiger partial charge >= 0.3 is 18.6 Å². The van der Waals surface area contributed by atoms with Crippen LogP contribution in [0.1, 0.15) is 40.6 Å². The van der Waals surface area contributed by atoms with Gasteiger partial charge in [0.1, 0.15) is 21.8 Å². The smallest absolute Gasteiger partial charge is 0.387 e. The van der Waals surface area contributed by atoms with E-state index in [1.54, 1.807) is 12.3 Å². The van der Waals surface area contributed by atoms with Gasteiger partial charge in [-0.15, -0.1) is 0 Å². The van der Waals surface area contributed by atoms with Gasteiger partial charge in [0, 0.05) is 18.2 Å². The highest BCUT2D eigenvalue weighted by atomic mass is 35.5. The highest BCUT2D eigenvalue weighted by Gasteiger charge is 2.26. The van der Waals surface area contributed by atoms with Crippen LogP contribution in [0.5, 0.6) is 11.5 Å². The number of hydrogen-bond donors (Lipinski definition) is 1. The second-order valence-corrected chi connectivity index (χ2v) is 9.13. The SMILES string of the molecule is O=C(COC(=O)c1ccc[nH]1)O[C@@H](Cc1c(Cl)c[nH+]cc1Cl)c1ccc(OC(F)F)c(OCC2CC2)c1.[OH-]. The Kier molecular flexibility index (Phi) is 10.3. The number of carbonyl (C=O) groups is 2. The van der Waals surface area contributed by atoms with Crippen LogP contribution >= 0.6 is 23.2 Å². The van der Waals surface area contributed by atoms with Gasteiger partial charge in [0.2, 0.25) is 0 Å². The molecule has 1 aromatic carbocycles. The van der Waals surface area contributed by atoms with E-state index in [9.17, 15) is 18.4 Å². The number of halogens is 4. The van der Waals surface area contributed by atoms with Gasteiger partial charge < -0.3 is 29.4 Å². The van der Waals surface area contributed by atoms with E-state index in [-0.39, 0.29) is 29.1 Å². The van der Waals surface area contributed by atoms with Crippen LogP contribution in [0.4, 0.5) is 8.78 Å². The summed E-state index contributed by atoms with van der Waals surface area (Å²) >= 11 is 12.6. The van der Waals surface area contributed by atoms with Crippen LogP contribution in [-0.2, 0) is 20.7 Å². The van der Waals surface area contributed by atoms with Crippen LogP contribution < -0.4 is 14.5 Å². The van der Waals surface area contributed by atoms with Crippen molar-refractivity contribution < 1.29 is 47.8 Å². The fourth-order valence-corrected chi connectivity index (χ4v) is 3.99. The van der Waals surface area contributed by atoms with E-state index in [1.807, 2.05) is 0 Å². The zero-order valence-electron chi connectivity index (χ0n) is 19.8. The molecule has 0 aliphatic heterocycles. The summed E-state index contributed by atoms with van der Waals surface area (Å²) in [6, 6.07) is 7.37. The number of ether oxygens (including phenoxy) is 4. The van der Waals surface area contributed by atoms with Gasteiger partial charge in [-0.3, -0.25) is 0 Å². The summed E-state index contributed by atoms with van der Waals surface area (Å²) in [5, 5.41) is 0.601. The third-order valence-corrected chi connectivity index (χ3v) is 6.20. The second kappa shape index (κ2) is 13.4. The van der Waals surface area contributed by atoms with Crippen molar-refractivity contribution in [3.8, 4) is 11.5 Å². The predicted molar refractivity (Wildman–Crippen MR) is 130 cm³/mol. The topological polar surface area (TPSA) is 131 Å². The number of aromatic nitrogens is 2. The number of benzene rings is 1. The first-order valence-corrected chi connectivity index (χ1v) is 12.1. The third-order valence-electron chi connectivity index (χ3n) is 5.53. The summed E-state index contributed by atoms with van der Waals surface area (Å²) in [5.74, 6) is -1.28. The van der Waals surface area contributed by atoms with E-state index in [2.05, 4.69) is 14.7 Å². The van der Waals surface area contributed by atoms with E-state index < -0.39 is 31.3 Å². The minimum absolute atomic E-state index is 0. The summed E-state index contributed by atoms with van der Waals surface area (Å²) < 4.78 is 46.9. The lowest BCUT2D eigenvalue weighted by atomic mass is 10.0. The molecule has 1 fully saturated rings. The van der Waals surface area contributed by atoms with Crippen molar-refractivity contribution in [1.82, 2.24) is 4.98 Å². The van der Waals surface area contributed by atoms with Crippen molar-refractivity contribution in [2.24, 2.45) is 5.92 Å².